The number of hydrogen-bond donors (Lipinski definition) is 1. The number of carbonyl (C=O) groups is 2. The summed E-state index contributed by atoms with van der Waals surface area (Å²) in [4.78, 5) is 23.1. The molecule has 2 rings (SSSR count). The van der Waals surface area contributed by atoms with Gasteiger partial charge in [-0.15, -0.1) is 0 Å². The third-order valence-corrected chi connectivity index (χ3v) is 3.63. The molecule has 0 spiro atoms. The van der Waals surface area contributed by atoms with Gasteiger partial charge < -0.3 is 14.8 Å². The fourth-order valence-corrected chi connectivity index (χ4v) is 2.41. The van der Waals surface area contributed by atoms with Crippen LogP contribution in [-0.2, 0) is 4.79 Å². The molecule has 5 nitrogen and oxygen atoms in total. The van der Waals surface area contributed by atoms with E-state index in [4.69, 9.17) is 9.47 Å². The van der Waals surface area contributed by atoms with Gasteiger partial charge in [-0.25, -0.2) is 0 Å². The maximum atomic E-state index is 12.1. The highest BCUT2D eigenvalue weighted by molar-refractivity contribution is 5.81. The number of nitrogens with one attached hydrogen (secondary N) is 1. The molecule has 1 atom stereocenters. The Bertz CT molecular complexity index is 727. The summed E-state index contributed by atoms with van der Waals surface area (Å²) in [6, 6.07) is 12.4. The number of amides is 1. The van der Waals surface area contributed by atoms with Crippen molar-refractivity contribution in [2.75, 3.05) is 13.7 Å². The van der Waals surface area contributed by atoms with Crippen LogP contribution in [0.2, 0.25) is 0 Å². The fraction of sp³-hybridized carbons (Fsp3) is 0.263. The molecular formula is C19H21NO4. The van der Waals surface area contributed by atoms with Gasteiger partial charge in [-0.1, -0.05) is 29.8 Å². The number of aldehydes is 1. The van der Waals surface area contributed by atoms with Crippen molar-refractivity contribution in [3.05, 3.63) is 59.2 Å². The third kappa shape index (κ3) is 4.35. The molecule has 2 aromatic rings. The average molecular weight is 327 g/mol. The lowest BCUT2D eigenvalue weighted by Crippen LogP contribution is -2.31. The van der Waals surface area contributed by atoms with Crippen LogP contribution >= 0.6 is 0 Å². The van der Waals surface area contributed by atoms with Crippen LogP contribution in [0, 0.1) is 6.92 Å². The number of aryl methyl sites for hydroxylation is 1. The fourth-order valence-electron chi connectivity index (χ4n) is 2.41. The molecule has 0 saturated heterocycles. The molecule has 1 unspecified atom stereocenters. The van der Waals surface area contributed by atoms with Crippen LogP contribution in [-0.4, -0.2) is 25.9 Å². The zero-order valence-electron chi connectivity index (χ0n) is 14.0. The van der Waals surface area contributed by atoms with Gasteiger partial charge in [0.1, 0.15) is 11.5 Å². The topological polar surface area (TPSA) is 64.6 Å². The van der Waals surface area contributed by atoms with E-state index in [0.29, 0.717) is 17.6 Å². The molecule has 5 heteroatoms. The Hall–Kier alpha value is -2.82. The van der Waals surface area contributed by atoms with E-state index in [1.54, 1.807) is 31.4 Å². The summed E-state index contributed by atoms with van der Waals surface area (Å²) < 4.78 is 10.8. The summed E-state index contributed by atoms with van der Waals surface area (Å²) in [5.74, 6) is 0.843. The smallest absolute Gasteiger partial charge is 0.258 e. The molecule has 126 valence electrons. The van der Waals surface area contributed by atoms with Gasteiger partial charge in [0.15, 0.2) is 12.9 Å². The third-order valence-electron chi connectivity index (χ3n) is 3.63. The van der Waals surface area contributed by atoms with E-state index in [2.05, 4.69) is 5.32 Å². The summed E-state index contributed by atoms with van der Waals surface area (Å²) in [5, 5.41) is 2.87. The lowest BCUT2D eigenvalue weighted by atomic mass is 10.0. The number of methoxy groups -OCH3 is 1. The van der Waals surface area contributed by atoms with E-state index in [0.717, 1.165) is 16.9 Å². The van der Waals surface area contributed by atoms with Crippen LogP contribution in [0.4, 0.5) is 0 Å². The van der Waals surface area contributed by atoms with Crippen molar-refractivity contribution in [3.63, 3.8) is 0 Å². The van der Waals surface area contributed by atoms with Crippen molar-refractivity contribution in [2.45, 2.75) is 19.9 Å². The number of benzene rings is 2. The van der Waals surface area contributed by atoms with Gasteiger partial charge in [-0.05, 0) is 32.0 Å². The van der Waals surface area contributed by atoms with Crippen molar-refractivity contribution in [1.82, 2.24) is 5.32 Å². The van der Waals surface area contributed by atoms with E-state index in [1.807, 2.05) is 32.0 Å². The van der Waals surface area contributed by atoms with Crippen LogP contribution in [0.1, 0.15) is 34.5 Å². The van der Waals surface area contributed by atoms with Gasteiger partial charge >= 0.3 is 0 Å². The zero-order chi connectivity index (χ0) is 17.5. The maximum absolute atomic E-state index is 12.1. The van der Waals surface area contributed by atoms with E-state index in [1.165, 1.54) is 0 Å². The second-order valence-electron chi connectivity index (χ2n) is 5.48. The quantitative estimate of drug-likeness (QED) is 0.794. The molecule has 0 aliphatic heterocycles. The highest BCUT2D eigenvalue weighted by Gasteiger charge is 2.15. The molecule has 0 aromatic heterocycles. The molecular weight excluding hydrogens is 306 g/mol. The van der Waals surface area contributed by atoms with Crippen LogP contribution < -0.4 is 14.8 Å². The summed E-state index contributed by atoms with van der Waals surface area (Å²) in [5.41, 5.74) is 2.40. The second-order valence-corrected chi connectivity index (χ2v) is 5.48. The predicted molar refractivity (Wildman–Crippen MR) is 91.6 cm³/mol. The molecule has 2 aromatic carbocycles. The zero-order valence-corrected chi connectivity index (χ0v) is 14.0. The van der Waals surface area contributed by atoms with Crippen LogP contribution in [0.5, 0.6) is 11.5 Å². The Morgan fingerprint density at radius 1 is 1.21 bits per heavy atom. The van der Waals surface area contributed by atoms with Gasteiger partial charge in [0.2, 0.25) is 0 Å². The van der Waals surface area contributed by atoms with Crippen molar-refractivity contribution in [1.29, 1.82) is 0 Å². The van der Waals surface area contributed by atoms with Crippen molar-refractivity contribution in [2.24, 2.45) is 0 Å². The molecule has 0 fully saturated rings. The first kappa shape index (κ1) is 17.5. The van der Waals surface area contributed by atoms with Crippen molar-refractivity contribution < 1.29 is 19.1 Å². The minimum atomic E-state index is -0.272. The summed E-state index contributed by atoms with van der Waals surface area (Å²) in [7, 11) is 1.60. The molecule has 0 heterocycles. The van der Waals surface area contributed by atoms with Gasteiger partial charge in [0.25, 0.3) is 5.91 Å². The maximum Gasteiger partial charge on any atom is 0.258 e. The Kier molecular flexibility index (Phi) is 5.95. The van der Waals surface area contributed by atoms with E-state index in [-0.39, 0.29) is 18.6 Å². The molecule has 0 aliphatic rings. The van der Waals surface area contributed by atoms with Gasteiger partial charge in [0, 0.05) is 5.56 Å². The first-order valence-electron chi connectivity index (χ1n) is 7.66. The number of hydrogen-bond acceptors (Lipinski definition) is 4. The normalized spacial score (nSPS) is 11.5. The monoisotopic (exact) mass is 327 g/mol. The molecule has 1 N–H and O–H groups in total. The Morgan fingerprint density at radius 2 is 1.96 bits per heavy atom. The van der Waals surface area contributed by atoms with Gasteiger partial charge in [0.05, 0.1) is 18.7 Å². The summed E-state index contributed by atoms with van der Waals surface area (Å²) in [6.07, 6.45) is 0.702. The molecule has 0 aliphatic carbocycles. The summed E-state index contributed by atoms with van der Waals surface area (Å²) >= 11 is 0. The van der Waals surface area contributed by atoms with E-state index in [9.17, 15) is 9.59 Å². The second kappa shape index (κ2) is 8.15. The number of rotatable bonds is 7. The minimum Gasteiger partial charge on any atom is -0.496 e. The van der Waals surface area contributed by atoms with Gasteiger partial charge in [-0.2, -0.15) is 0 Å². The average Bonchev–Trinajstić information content (AvgIpc) is 2.60. The Balaban J connectivity index is 1.99. The largest absolute Gasteiger partial charge is 0.496 e. The van der Waals surface area contributed by atoms with E-state index >= 15 is 0 Å². The van der Waals surface area contributed by atoms with Gasteiger partial charge in [-0.3, -0.25) is 9.59 Å². The summed E-state index contributed by atoms with van der Waals surface area (Å²) in [6.45, 7) is 3.70. The van der Waals surface area contributed by atoms with Crippen molar-refractivity contribution in [3.8, 4) is 11.5 Å². The highest BCUT2D eigenvalue weighted by Crippen LogP contribution is 2.26. The van der Waals surface area contributed by atoms with Crippen molar-refractivity contribution >= 4 is 12.2 Å². The first-order valence-corrected chi connectivity index (χ1v) is 7.66. The molecule has 0 saturated carbocycles. The van der Waals surface area contributed by atoms with Crippen LogP contribution in [0.25, 0.3) is 0 Å². The number of carbonyl (C=O) groups excluding carboxylic acids is 2. The first-order chi connectivity index (χ1) is 11.5. The predicted octanol–water partition coefficient (Wildman–Crippen LogP) is 3.07. The Morgan fingerprint density at radius 3 is 2.67 bits per heavy atom. The minimum absolute atomic E-state index is 0.163. The van der Waals surface area contributed by atoms with E-state index < -0.39 is 0 Å². The lowest BCUT2D eigenvalue weighted by molar-refractivity contribution is -0.123. The molecule has 1 amide bonds. The standard InChI is InChI=1S/C19H21NO4/c1-13-8-9-18(23-3)16(10-13)14(2)20-19(22)12-24-17-7-5-4-6-15(17)11-21/h4-11,14H,12H2,1-3H3,(H,20,22). The number of para-hydroxylation sites is 1. The molecule has 0 radical (unpaired) electrons. The Labute approximate surface area is 141 Å². The highest BCUT2D eigenvalue weighted by atomic mass is 16.5. The lowest BCUT2D eigenvalue weighted by Gasteiger charge is -2.18. The SMILES string of the molecule is COc1ccc(C)cc1C(C)NC(=O)COc1ccccc1C=O. The van der Waals surface area contributed by atoms with Crippen LogP contribution in [0.3, 0.4) is 0 Å². The molecule has 24 heavy (non-hydrogen) atoms. The molecule has 0 bridgehead atoms. The van der Waals surface area contributed by atoms with Crippen LogP contribution in [0.15, 0.2) is 42.5 Å². The number of ether oxygens (including phenoxy) is 2.